The minimum atomic E-state index is -0.923. The van der Waals surface area contributed by atoms with E-state index in [0.29, 0.717) is 12.1 Å². The van der Waals surface area contributed by atoms with Crippen molar-refractivity contribution in [2.45, 2.75) is 31.8 Å². The minimum absolute atomic E-state index is 0.133. The van der Waals surface area contributed by atoms with E-state index in [2.05, 4.69) is 9.88 Å². The number of benzene rings is 1. The van der Waals surface area contributed by atoms with Gasteiger partial charge in [0.25, 0.3) is 0 Å². The molecule has 118 valence electrons. The fraction of sp³-hybridized carbons (Fsp3) is 0.438. The number of aliphatic hydroxyl groups is 1. The number of piperidine rings is 1. The Morgan fingerprint density at radius 1 is 1.27 bits per heavy atom. The quantitative estimate of drug-likeness (QED) is 0.943. The van der Waals surface area contributed by atoms with Gasteiger partial charge in [0, 0.05) is 18.2 Å². The molecule has 2 aromatic rings. The highest BCUT2D eigenvalue weighted by Crippen LogP contribution is 2.23. The van der Waals surface area contributed by atoms with Crippen molar-refractivity contribution >= 4 is 0 Å². The smallest absolute Gasteiger partial charge is 0.226 e. The lowest BCUT2D eigenvalue weighted by Crippen LogP contribution is -2.41. The average Bonchev–Trinajstić information content (AvgIpc) is 2.99. The summed E-state index contributed by atoms with van der Waals surface area (Å²) >= 11 is 0. The number of likely N-dealkylation sites (tertiary alicyclic amines) is 1. The van der Waals surface area contributed by atoms with Crippen molar-refractivity contribution in [1.82, 2.24) is 9.88 Å². The summed E-state index contributed by atoms with van der Waals surface area (Å²) in [5.74, 6) is -1.55. The third kappa shape index (κ3) is 3.18. The Balaban J connectivity index is 1.74. The number of hydrogen-bond donors (Lipinski definition) is 1. The second-order valence-corrected chi connectivity index (χ2v) is 5.58. The number of rotatable bonds is 4. The summed E-state index contributed by atoms with van der Waals surface area (Å²) in [6.45, 7) is 1.63. The molecule has 1 aromatic heterocycles. The van der Waals surface area contributed by atoms with Gasteiger partial charge in [0.15, 0.2) is 11.6 Å². The zero-order valence-corrected chi connectivity index (χ0v) is 12.1. The Labute approximate surface area is 127 Å². The van der Waals surface area contributed by atoms with E-state index in [0.717, 1.165) is 43.6 Å². The first-order valence-electron chi connectivity index (χ1n) is 7.42. The van der Waals surface area contributed by atoms with Crippen LogP contribution in [0.3, 0.4) is 0 Å². The summed E-state index contributed by atoms with van der Waals surface area (Å²) in [4.78, 5) is 6.51. The van der Waals surface area contributed by atoms with Crippen molar-refractivity contribution in [2.75, 3.05) is 13.2 Å². The van der Waals surface area contributed by atoms with Crippen LogP contribution in [0.25, 0.3) is 11.5 Å². The van der Waals surface area contributed by atoms with E-state index < -0.39 is 11.6 Å². The molecule has 0 amide bonds. The highest BCUT2D eigenvalue weighted by Gasteiger charge is 2.22. The molecule has 0 radical (unpaired) electrons. The number of nitrogens with zero attached hydrogens (tertiary/aromatic N) is 2. The molecule has 1 saturated heterocycles. The van der Waals surface area contributed by atoms with Gasteiger partial charge in [0.2, 0.25) is 5.89 Å². The average molecular weight is 308 g/mol. The van der Waals surface area contributed by atoms with Gasteiger partial charge in [-0.3, -0.25) is 4.90 Å². The fourth-order valence-electron chi connectivity index (χ4n) is 2.82. The van der Waals surface area contributed by atoms with Crippen LogP contribution in [-0.4, -0.2) is 34.2 Å². The van der Waals surface area contributed by atoms with Crippen LogP contribution in [0.4, 0.5) is 8.78 Å². The predicted octanol–water partition coefficient (Wildman–Crippen LogP) is 2.97. The molecule has 1 aliphatic rings. The summed E-state index contributed by atoms with van der Waals surface area (Å²) in [5.41, 5.74) is 1.13. The van der Waals surface area contributed by atoms with Gasteiger partial charge in [-0.15, -0.1) is 0 Å². The van der Waals surface area contributed by atoms with Gasteiger partial charge in [-0.1, -0.05) is 6.42 Å². The van der Waals surface area contributed by atoms with Gasteiger partial charge in [-0.05, 0) is 37.6 Å². The molecule has 1 N–H and O–H groups in total. The number of halogens is 2. The van der Waals surface area contributed by atoms with E-state index in [1.165, 1.54) is 12.3 Å². The molecule has 22 heavy (non-hydrogen) atoms. The molecule has 1 unspecified atom stereocenters. The third-order valence-corrected chi connectivity index (χ3v) is 4.04. The molecular weight excluding hydrogens is 290 g/mol. The minimum Gasteiger partial charge on any atom is -0.444 e. The summed E-state index contributed by atoms with van der Waals surface area (Å²) in [6.07, 6.45) is 4.73. The van der Waals surface area contributed by atoms with Gasteiger partial charge >= 0.3 is 0 Å². The van der Waals surface area contributed by atoms with Gasteiger partial charge in [-0.2, -0.15) is 0 Å². The summed E-state index contributed by atoms with van der Waals surface area (Å²) in [6, 6.07) is 3.71. The fourth-order valence-corrected chi connectivity index (χ4v) is 2.82. The lowest BCUT2D eigenvalue weighted by molar-refractivity contribution is 0.0830. The van der Waals surface area contributed by atoms with Crippen molar-refractivity contribution in [2.24, 2.45) is 0 Å². The summed E-state index contributed by atoms with van der Waals surface area (Å²) in [7, 11) is 0. The monoisotopic (exact) mass is 308 g/mol. The maximum Gasteiger partial charge on any atom is 0.226 e. The molecule has 1 aliphatic heterocycles. The van der Waals surface area contributed by atoms with E-state index in [9.17, 15) is 13.9 Å². The number of hydrogen-bond acceptors (Lipinski definition) is 4. The van der Waals surface area contributed by atoms with E-state index in [1.54, 1.807) is 0 Å². The summed E-state index contributed by atoms with van der Waals surface area (Å²) in [5, 5.41) is 9.42. The molecule has 0 bridgehead atoms. The lowest BCUT2D eigenvalue weighted by Gasteiger charge is -2.33. The van der Waals surface area contributed by atoms with Crippen molar-refractivity contribution in [3.63, 3.8) is 0 Å². The first kappa shape index (κ1) is 15.1. The molecule has 1 aromatic carbocycles. The number of aliphatic hydroxyl groups excluding tert-OH is 1. The molecule has 1 fully saturated rings. The van der Waals surface area contributed by atoms with Crippen molar-refractivity contribution in [1.29, 1.82) is 0 Å². The van der Waals surface area contributed by atoms with Crippen LogP contribution >= 0.6 is 0 Å². The van der Waals surface area contributed by atoms with Crippen LogP contribution in [-0.2, 0) is 6.54 Å². The Hall–Kier alpha value is -1.79. The van der Waals surface area contributed by atoms with Crippen molar-refractivity contribution in [3.05, 3.63) is 41.8 Å². The Morgan fingerprint density at radius 2 is 2.14 bits per heavy atom. The zero-order valence-electron chi connectivity index (χ0n) is 12.1. The van der Waals surface area contributed by atoms with Gasteiger partial charge in [-0.25, -0.2) is 13.8 Å². The molecule has 1 atom stereocenters. The van der Waals surface area contributed by atoms with Gasteiger partial charge < -0.3 is 9.52 Å². The van der Waals surface area contributed by atoms with Crippen LogP contribution in [0.1, 0.15) is 25.0 Å². The third-order valence-electron chi connectivity index (χ3n) is 4.04. The Kier molecular flexibility index (Phi) is 4.49. The van der Waals surface area contributed by atoms with Crippen molar-refractivity contribution in [3.8, 4) is 11.5 Å². The summed E-state index contributed by atoms with van der Waals surface area (Å²) < 4.78 is 31.6. The van der Waals surface area contributed by atoms with E-state index in [-0.39, 0.29) is 18.5 Å². The maximum atomic E-state index is 13.3. The second-order valence-electron chi connectivity index (χ2n) is 5.58. The Morgan fingerprint density at radius 3 is 2.91 bits per heavy atom. The van der Waals surface area contributed by atoms with E-state index in [4.69, 9.17) is 4.42 Å². The Bertz CT molecular complexity index is 645. The largest absolute Gasteiger partial charge is 0.444 e. The molecule has 0 saturated carbocycles. The first-order valence-corrected chi connectivity index (χ1v) is 7.42. The highest BCUT2D eigenvalue weighted by molar-refractivity contribution is 5.53. The van der Waals surface area contributed by atoms with Crippen molar-refractivity contribution < 1.29 is 18.3 Å². The molecular formula is C16H18F2N2O2. The topological polar surface area (TPSA) is 49.5 Å². The normalized spacial score (nSPS) is 19.5. The molecule has 6 heteroatoms. The van der Waals surface area contributed by atoms with Crippen LogP contribution in [0.5, 0.6) is 0 Å². The van der Waals surface area contributed by atoms with Gasteiger partial charge in [0.1, 0.15) is 6.26 Å². The standard InChI is InChI=1S/C16H18F2N2O2/c17-14-5-4-11(7-15(14)18)16-19-12(10-22-16)8-20-6-2-1-3-13(20)9-21/h4-5,7,10,13,21H,1-3,6,8-9H2. The van der Waals surface area contributed by atoms with Crippen LogP contribution in [0.2, 0.25) is 0 Å². The van der Waals surface area contributed by atoms with Gasteiger partial charge in [0.05, 0.1) is 12.3 Å². The van der Waals surface area contributed by atoms with Crippen LogP contribution in [0, 0.1) is 11.6 Å². The molecule has 0 spiro atoms. The maximum absolute atomic E-state index is 13.3. The number of oxazole rings is 1. The van der Waals surface area contributed by atoms with E-state index in [1.807, 2.05) is 0 Å². The lowest BCUT2D eigenvalue weighted by atomic mass is 10.0. The highest BCUT2D eigenvalue weighted by atomic mass is 19.2. The molecule has 3 rings (SSSR count). The van der Waals surface area contributed by atoms with Crippen LogP contribution in [0.15, 0.2) is 28.9 Å². The molecule has 4 nitrogen and oxygen atoms in total. The molecule has 0 aliphatic carbocycles. The van der Waals surface area contributed by atoms with Crippen LogP contribution < -0.4 is 0 Å². The second kappa shape index (κ2) is 6.54. The number of aromatic nitrogens is 1. The SMILES string of the molecule is OCC1CCCCN1Cc1coc(-c2ccc(F)c(F)c2)n1. The molecule has 2 heterocycles. The first-order chi connectivity index (χ1) is 10.7. The zero-order chi connectivity index (χ0) is 15.5. The van der Waals surface area contributed by atoms with E-state index >= 15 is 0 Å². The predicted molar refractivity (Wildman–Crippen MR) is 77.0 cm³/mol.